The Balaban J connectivity index is 2.55. The number of pyridine rings is 1. The summed E-state index contributed by atoms with van der Waals surface area (Å²) in [5, 5.41) is 5.93. The van der Waals surface area contributed by atoms with Gasteiger partial charge in [0.15, 0.2) is 0 Å². The molecule has 1 aromatic heterocycles. The average molecular weight is 250 g/mol. The van der Waals surface area contributed by atoms with E-state index >= 15 is 0 Å². The van der Waals surface area contributed by atoms with Gasteiger partial charge in [0.05, 0.1) is 6.54 Å². The van der Waals surface area contributed by atoms with Gasteiger partial charge in [-0.05, 0) is 32.5 Å². The van der Waals surface area contributed by atoms with E-state index in [0.29, 0.717) is 6.54 Å². The van der Waals surface area contributed by atoms with Crippen LogP contribution in [0.4, 0.5) is 5.82 Å². The molecule has 100 valence electrons. The maximum absolute atomic E-state index is 11.6. The van der Waals surface area contributed by atoms with Crippen LogP contribution in [0.3, 0.4) is 0 Å². The Morgan fingerprint density at radius 3 is 2.67 bits per heavy atom. The van der Waals surface area contributed by atoms with E-state index in [1.807, 2.05) is 51.2 Å². The number of aromatic nitrogens is 1. The van der Waals surface area contributed by atoms with Crippen molar-refractivity contribution in [3.05, 3.63) is 23.9 Å². The zero-order chi connectivity index (χ0) is 13.5. The Morgan fingerprint density at radius 2 is 2.17 bits per heavy atom. The first-order valence-electron chi connectivity index (χ1n) is 6.13. The summed E-state index contributed by atoms with van der Waals surface area (Å²) in [4.78, 5) is 17.8. The lowest BCUT2D eigenvalue weighted by Gasteiger charge is -2.18. The third-order valence-corrected chi connectivity index (χ3v) is 2.41. The molecule has 0 saturated heterocycles. The van der Waals surface area contributed by atoms with Crippen molar-refractivity contribution < 1.29 is 4.79 Å². The Morgan fingerprint density at radius 1 is 1.44 bits per heavy atom. The van der Waals surface area contributed by atoms with Crippen LogP contribution in [0.5, 0.6) is 0 Å². The number of rotatable bonds is 6. The highest BCUT2D eigenvalue weighted by molar-refractivity contribution is 5.81. The van der Waals surface area contributed by atoms with E-state index in [-0.39, 0.29) is 11.9 Å². The highest BCUT2D eigenvalue weighted by Gasteiger charge is 2.09. The molecule has 0 aliphatic heterocycles. The van der Waals surface area contributed by atoms with Crippen LogP contribution in [-0.4, -0.2) is 37.6 Å². The molecular weight excluding hydrogens is 228 g/mol. The first-order valence-corrected chi connectivity index (χ1v) is 6.13. The molecule has 0 aliphatic rings. The summed E-state index contributed by atoms with van der Waals surface area (Å²) in [6, 6.07) is 4.10. The fourth-order valence-corrected chi connectivity index (χ4v) is 1.62. The third kappa shape index (κ3) is 4.71. The average Bonchev–Trinajstić information content (AvgIpc) is 2.29. The SMILES string of the molecule is CNCc1ccc(N(C)CC(=O)NC(C)C)nc1. The second kappa shape index (κ2) is 6.96. The van der Waals surface area contributed by atoms with Crippen molar-refractivity contribution >= 4 is 11.7 Å². The summed E-state index contributed by atoms with van der Waals surface area (Å²) in [7, 11) is 3.76. The third-order valence-electron chi connectivity index (χ3n) is 2.41. The van der Waals surface area contributed by atoms with E-state index in [4.69, 9.17) is 0 Å². The van der Waals surface area contributed by atoms with E-state index in [0.717, 1.165) is 17.9 Å². The van der Waals surface area contributed by atoms with E-state index in [2.05, 4.69) is 15.6 Å². The lowest BCUT2D eigenvalue weighted by atomic mass is 10.3. The number of nitrogens with zero attached hydrogens (tertiary/aromatic N) is 2. The van der Waals surface area contributed by atoms with Crippen molar-refractivity contribution in [2.45, 2.75) is 26.4 Å². The van der Waals surface area contributed by atoms with Crippen LogP contribution in [0.15, 0.2) is 18.3 Å². The molecule has 1 rings (SSSR count). The Bertz CT molecular complexity index is 375. The largest absolute Gasteiger partial charge is 0.352 e. The highest BCUT2D eigenvalue weighted by Crippen LogP contribution is 2.09. The summed E-state index contributed by atoms with van der Waals surface area (Å²) >= 11 is 0. The van der Waals surface area contributed by atoms with Crippen molar-refractivity contribution in [2.24, 2.45) is 0 Å². The van der Waals surface area contributed by atoms with Gasteiger partial charge in [0, 0.05) is 25.8 Å². The predicted molar refractivity (Wildman–Crippen MR) is 73.5 cm³/mol. The second-order valence-electron chi connectivity index (χ2n) is 4.63. The zero-order valence-electron chi connectivity index (χ0n) is 11.5. The van der Waals surface area contributed by atoms with Crippen molar-refractivity contribution in [3.8, 4) is 0 Å². The Kier molecular flexibility index (Phi) is 5.58. The predicted octanol–water partition coefficient (Wildman–Crippen LogP) is 0.762. The van der Waals surface area contributed by atoms with E-state index in [1.165, 1.54) is 0 Å². The molecule has 0 atom stereocenters. The van der Waals surface area contributed by atoms with Gasteiger partial charge in [-0.1, -0.05) is 6.07 Å². The number of anilines is 1. The van der Waals surface area contributed by atoms with Gasteiger partial charge in [-0.2, -0.15) is 0 Å². The molecule has 5 heteroatoms. The fraction of sp³-hybridized carbons (Fsp3) is 0.538. The van der Waals surface area contributed by atoms with Crippen LogP contribution in [-0.2, 0) is 11.3 Å². The standard InChI is InChI=1S/C13H22N4O/c1-10(2)16-13(18)9-17(4)12-6-5-11(7-14-3)8-15-12/h5-6,8,10,14H,7,9H2,1-4H3,(H,16,18). The van der Waals surface area contributed by atoms with Gasteiger partial charge in [0.1, 0.15) is 5.82 Å². The number of nitrogens with one attached hydrogen (secondary N) is 2. The maximum Gasteiger partial charge on any atom is 0.239 e. The van der Waals surface area contributed by atoms with Crippen LogP contribution >= 0.6 is 0 Å². The van der Waals surface area contributed by atoms with Crippen LogP contribution in [0.1, 0.15) is 19.4 Å². The number of hydrogen-bond acceptors (Lipinski definition) is 4. The van der Waals surface area contributed by atoms with Gasteiger partial charge in [0.2, 0.25) is 5.91 Å². The van der Waals surface area contributed by atoms with Crippen LogP contribution < -0.4 is 15.5 Å². The maximum atomic E-state index is 11.6. The van der Waals surface area contributed by atoms with Crippen molar-refractivity contribution in [1.82, 2.24) is 15.6 Å². The fourth-order valence-electron chi connectivity index (χ4n) is 1.62. The number of carbonyl (C=O) groups excluding carboxylic acids is 1. The first kappa shape index (κ1) is 14.4. The Labute approximate surface area is 109 Å². The number of likely N-dealkylation sites (N-methyl/N-ethyl adjacent to an activating group) is 1. The normalized spacial score (nSPS) is 10.5. The van der Waals surface area contributed by atoms with Gasteiger partial charge in [-0.3, -0.25) is 4.79 Å². The molecule has 0 fully saturated rings. The molecule has 0 aliphatic carbocycles. The lowest BCUT2D eigenvalue weighted by molar-refractivity contribution is -0.120. The van der Waals surface area contributed by atoms with Gasteiger partial charge < -0.3 is 15.5 Å². The molecule has 0 radical (unpaired) electrons. The van der Waals surface area contributed by atoms with Gasteiger partial charge in [-0.15, -0.1) is 0 Å². The van der Waals surface area contributed by atoms with Gasteiger partial charge in [-0.25, -0.2) is 4.98 Å². The summed E-state index contributed by atoms with van der Waals surface area (Å²) in [6.45, 7) is 5.01. The summed E-state index contributed by atoms with van der Waals surface area (Å²) in [6.07, 6.45) is 1.82. The molecule has 0 aromatic carbocycles. The molecular formula is C13H22N4O. The molecule has 0 bridgehead atoms. The molecule has 5 nitrogen and oxygen atoms in total. The lowest BCUT2D eigenvalue weighted by Crippen LogP contribution is -2.38. The molecule has 0 spiro atoms. The first-order chi connectivity index (χ1) is 8.52. The summed E-state index contributed by atoms with van der Waals surface area (Å²) < 4.78 is 0. The Hall–Kier alpha value is -1.62. The van der Waals surface area contributed by atoms with Crippen molar-refractivity contribution in [2.75, 3.05) is 25.5 Å². The number of hydrogen-bond donors (Lipinski definition) is 2. The smallest absolute Gasteiger partial charge is 0.239 e. The van der Waals surface area contributed by atoms with E-state index in [9.17, 15) is 4.79 Å². The summed E-state index contributed by atoms with van der Waals surface area (Å²) in [5.74, 6) is 0.808. The minimum Gasteiger partial charge on any atom is -0.352 e. The van der Waals surface area contributed by atoms with Crippen LogP contribution in [0.25, 0.3) is 0 Å². The molecule has 1 aromatic rings. The minimum atomic E-state index is 0.00796. The second-order valence-corrected chi connectivity index (χ2v) is 4.63. The highest BCUT2D eigenvalue weighted by atomic mass is 16.2. The topological polar surface area (TPSA) is 57.3 Å². The summed E-state index contributed by atoms with van der Waals surface area (Å²) in [5.41, 5.74) is 1.13. The van der Waals surface area contributed by atoms with Gasteiger partial charge >= 0.3 is 0 Å². The quantitative estimate of drug-likeness (QED) is 0.782. The van der Waals surface area contributed by atoms with E-state index in [1.54, 1.807) is 0 Å². The molecule has 18 heavy (non-hydrogen) atoms. The minimum absolute atomic E-state index is 0.00796. The molecule has 0 unspecified atom stereocenters. The molecule has 1 amide bonds. The number of amides is 1. The monoisotopic (exact) mass is 250 g/mol. The van der Waals surface area contributed by atoms with Crippen LogP contribution in [0.2, 0.25) is 0 Å². The molecule has 2 N–H and O–H groups in total. The number of carbonyl (C=O) groups is 1. The van der Waals surface area contributed by atoms with Crippen molar-refractivity contribution in [3.63, 3.8) is 0 Å². The van der Waals surface area contributed by atoms with Crippen molar-refractivity contribution in [1.29, 1.82) is 0 Å². The van der Waals surface area contributed by atoms with Crippen LogP contribution in [0, 0.1) is 0 Å². The van der Waals surface area contributed by atoms with E-state index < -0.39 is 0 Å². The zero-order valence-corrected chi connectivity index (χ0v) is 11.5. The van der Waals surface area contributed by atoms with Gasteiger partial charge in [0.25, 0.3) is 0 Å². The molecule has 0 saturated carbocycles. The molecule has 1 heterocycles.